The van der Waals surface area contributed by atoms with Crippen molar-refractivity contribution in [2.24, 2.45) is 0 Å². The van der Waals surface area contributed by atoms with Gasteiger partial charge in [0.2, 0.25) is 0 Å². The molecule has 6 rings (SSSR count). The molecular formula is C38H32F2N2O2. The Hall–Kier alpha value is -5.10. The molecule has 1 heterocycles. The lowest BCUT2D eigenvalue weighted by molar-refractivity contribution is 0.00637. The van der Waals surface area contributed by atoms with Crippen LogP contribution in [0.2, 0.25) is 0 Å². The normalized spacial score (nSPS) is 11.9. The topological polar surface area (TPSA) is 44.1 Å². The maximum absolute atomic E-state index is 14.0. The summed E-state index contributed by atoms with van der Waals surface area (Å²) in [6, 6.07) is 39.4. The summed E-state index contributed by atoms with van der Waals surface area (Å²) in [6.07, 6.45) is 0.269. The summed E-state index contributed by atoms with van der Waals surface area (Å²) in [4.78, 5) is 13.8. The number of benzene rings is 5. The molecule has 0 aliphatic heterocycles. The first-order chi connectivity index (χ1) is 21.1. The zero-order valence-corrected chi connectivity index (χ0v) is 24.8. The summed E-state index contributed by atoms with van der Waals surface area (Å²) in [5.41, 5.74) is 3.28. The molecule has 0 saturated heterocycles. The van der Waals surface area contributed by atoms with Crippen LogP contribution >= 0.6 is 0 Å². The van der Waals surface area contributed by atoms with Crippen LogP contribution in [0.25, 0.3) is 10.9 Å². The average Bonchev–Trinajstić information content (AvgIpc) is 3.37. The quantitative estimate of drug-likeness (QED) is 0.139. The molecule has 0 unspecified atom stereocenters. The number of hydrogen-bond donors (Lipinski definition) is 0. The molecule has 1 aromatic heterocycles. The molecule has 44 heavy (non-hydrogen) atoms. The zero-order chi connectivity index (χ0) is 30.9. The smallest absolute Gasteiger partial charge is 0.360 e. The minimum Gasteiger partial charge on any atom is -0.455 e. The fourth-order valence-electron chi connectivity index (χ4n) is 5.86. The molecule has 4 nitrogen and oxygen atoms in total. The van der Waals surface area contributed by atoms with Crippen LogP contribution in [0.5, 0.6) is 0 Å². The minimum atomic E-state index is -0.963. The zero-order valence-electron chi connectivity index (χ0n) is 24.8. The van der Waals surface area contributed by atoms with E-state index in [2.05, 4.69) is 36.4 Å². The van der Waals surface area contributed by atoms with Crippen LogP contribution in [-0.4, -0.2) is 21.4 Å². The Morgan fingerprint density at radius 2 is 1.18 bits per heavy atom. The van der Waals surface area contributed by atoms with Gasteiger partial charge in [0.15, 0.2) is 5.69 Å². The number of hydrogen-bond acceptors (Lipinski definition) is 3. The maximum atomic E-state index is 14.0. The lowest BCUT2D eigenvalue weighted by atomic mass is 9.77. The molecule has 6 heteroatoms. The minimum absolute atomic E-state index is 0.161. The fraction of sp³-hybridized carbons (Fsp3) is 0.158. The summed E-state index contributed by atoms with van der Waals surface area (Å²) in [5, 5.41) is 5.66. The van der Waals surface area contributed by atoms with E-state index in [4.69, 9.17) is 9.84 Å². The Labute approximate surface area is 255 Å². The molecule has 0 atom stereocenters. The van der Waals surface area contributed by atoms with Crippen LogP contribution in [0.4, 0.5) is 8.78 Å². The molecule has 5 aromatic carbocycles. The Morgan fingerprint density at radius 1 is 0.682 bits per heavy atom. The molecule has 6 aromatic rings. The van der Waals surface area contributed by atoms with Crippen LogP contribution in [-0.2, 0) is 16.7 Å². The molecule has 0 N–H and O–H groups in total. The number of carbonyl (C=O) groups is 1. The van der Waals surface area contributed by atoms with Crippen molar-refractivity contribution in [2.45, 2.75) is 38.3 Å². The van der Waals surface area contributed by atoms with Gasteiger partial charge in [-0.2, -0.15) is 5.10 Å². The van der Waals surface area contributed by atoms with Crippen molar-refractivity contribution in [2.75, 3.05) is 0 Å². The van der Waals surface area contributed by atoms with Crippen LogP contribution in [0.1, 0.15) is 59.1 Å². The number of halogens is 2. The van der Waals surface area contributed by atoms with Crippen LogP contribution in [0.15, 0.2) is 127 Å². The second-order valence-electron chi connectivity index (χ2n) is 11.9. The third kappa shape index (κ3) is 5.51. The first-order valence-corrected chi connectivity index (χ1v) is 14.5. The third-order valence-corrected chi connectivity index (χ3v) is 7.56. The fourth-order valence-corrected chi connectivity index (χ4v) is 5.86. The van der Waals surface area contributed by atoms with E-state index in [1.54, 1.807) is 0 Å². The molecule has 0 amide bonds. The Bertz CT molecular complexity index is 1810. The van der Waals surface area contributed by atoms with Gasteiger partial charge in [-0.1, -0.05) is 97.1 Å². The van der Waals surface area contributed by atoms with Gasteiger partial charge in [0.05, 0.1) is 5.52 Å². The lowest BCUT2D eigenvalue weighted by Crippen LogP contribution is -2.38. The van der Waals surface area contributed by atoms with E-state index in [1.807, 2.05) is 98.2 Å². The van der Waals surface area contributed by atoms with Gasteiger partial charge in [-0.3, -0.25) is 0 Å². The highest BCUT2D eigenvalue weighted by Gasteiger charge is 2.41. The molecule has 0 bridgehead atoms. The number of carbonyl (C=O) groups excluding carboxylic acids is 1. The summed E-state index contributed by atoms with van der Waals surface area (Å²) >= 11 is 0. The van der Waals surface area contributed by atoms with E-state index in [0.717, 1.165) is 28.3 Å². The van der Waals surface area contributed by atoms with Crippen molar-refractivity contribution in [3.05, 3.63) is 173 Å². The molecule has 0 aliphatic rings. The highest BCUT2D eigenvalue weighted by molar-refractivity contribution is 6.02. The Kier molecular flexibility index (Phi) is 7.60. The van der Waals surface area contributed by atoms with Gasteiger partial charge in [0, 0.05) is 11.5 Å². The third-order valence-electron chi connectivity index (χ3n) is 7.56. The van der Waals surface area contributed by atoms with E-state index in [1.165, 1.54) is 12.1 Å². The Morgan fingerprint density at radius 3 is 1.66 bits per heavy atom. The second-order valence-corrected chi connectivity index (χ2v) is 11.9. The summed E-state index contributed by atoms with van der Waals surface area (Å²) < 4.78 is 35.8. The number of rotatable bonds is 7. The molecule has 0 fully saturated rings. The SMILES string of the molecule is CC(C)(C)OC(=O)c1nn(C(c2ccccc2)(c2ccccc2)c2ccccc2)c2ccc(Cc3cc(F)cc(F)c3)cc12. The highest BCUT2D eigenvalue weighted by Crippen LogP contribution is 2.43. The number of esters is 1. The van der Waals surface area contributed by atoms with Gasteiger partial charge in [-0.05, 0) is 79.3 Å². The highest BCUT2D eigenvalue weighted by atomic mass is 19.1. The van der Waals surface area contributed by atoms with E-state index in [0.29, 0.717) is 16.5 Å². The monoisotopic (exact) mass is 586 g/mol. The first kappa shape index (κ1) is 29.0. The largest absolute Gasteiger partial charge is 0.455 e. The number of fused-ring (bicyclic) bond motifs is 1. The molecule has 0 radical (unpaired) electrons. The molecule has 0 aliphatic carbocycles. The van der Waals surface area contributed by atoms with E-state index in [-0.39, 0.29) is 12.1 Å². The van der Waals surface area contributed by atoms with Crippen molar-refractivity contribution in [1.29, 1.82) is 0 Å². The van der Waals surface area contributed by atoms with E-state index >= 15 is 0 Å². The van der Waals surface area contributed by atoms with Crippen molar-refractivity contribution in [1.82, 2.24) is 9.78 Å². The summed E-state index contributed by atoms with van der Waals surface area (Å²) in [6.45, 7) is 5.45. The van der Waals surface area contributed by atoms with Gasteiger partial charge in [0.25, 0.3) is 0 Å². The van der Waals surface area contributed by atoms with Crippen LogP contribution < -0.4 is 0 Å². The van der Waals surface area contributed by atoms with E-state index < -0.39 is 28.7 Å². The van der Waals surface area contributed by atoms with Gasteiger partial charge >= 0.3 is 5.97 Å². The summed E-state index contributed by atoms with van der Waals surface area (Å²) in [7, 11) is 0. The predicted octanol–water partition coefficient (Wildman–Crippen LogP) is 8.70. The molecule has 0 saturated carbocycles. The first-order valence-electron chi connectivity index (χ1n) is 14.5. The Balaban J connectivity index is 1.66. The van der Waals surface area contributed by atoms with E-state index in [9.17, 15) is 13.6 Å². The van der Waals surface area contributed by atoms with Gasteiger partial charge in [-0.25, -0.2) is 18.3 Å². The number of aromatic nitrogens is 2. The van der Waals surface area contributed by atoms with Crippen molar-refractivity contribution in [3.63, 3.8) is 0 Å². The van der Waals surface area contributed by atoms with Gasteiger partial charge < -0.3 is 4.74 Å². The molecular weight excluding hydrogens is 554 g/mol. The number of nitrogens with zero attached hydrogens (tertiary/aromatic N) is 2. The molecule has 0 spiro atoms. The van der Waals surface area contributed by atoms with Crippen molar-refractivity contribution < 1.29 is 18.3 Å². The maximum Gasteiger partial charge on any atom is 0.360 e. The van der Waals surface area contributed by atoms with Gasteiger partial charge in [0.1, 0.15) is 22.8 Å². The van der Waals surface area contributed by atoms with Crippen molar-refractivity contribution in [3.8, 4) is 0 Å². The van der Waals surface area contributed by atoms with Crippen LogP contribution in [0, 0.1) is 11.6 Å². The average molecular weight is 587 g/mol. The molecule has 220 valence electrons. The number of ether oxygens (including phenoxy) is 1. The second kappa shape index (κ2) is 11.5. The standard InChI is InChI=1S/C38H32F2N2O2/c1-37(2,3)44-36(43)35-33-24-26(21-27-22-31(39)25-32(40)23-27)19-20-34(33)42(41-35)38(28-13-7-4-8-14-28,29-15-9-5-10-16-29)30-17-11-6-12-18-30/h4-20,22-25H,21H2,1-3H3. The van der Waals surface area contributed by atoms with Crippen molar-refractivity contribution >= 4 is 16.9 Å². The van der Waals surface area contributed by atoms with Crippen LogP contribution in [0.3, 0.4) is 0 Å². The lowest BCUT2D eigenvalue weighted by Gasteiger charge is -2.37. The van der Waals surface area contributed by atoms with Gasteiger partial charge in [-0.15, -0.1) is 0 Å². The summed E-state index contributed by atoms with van der Waals surface area (Å²) in [5.74, 6) is -1.83. The predicted molar refractivity (Wildman–Crippen MR) is 169 cm³/mol.